The van der Waals surface area contributed by atoms with E-state index in [0.29, 0.717) is 5.41 Å². The first-order chi connectivity index (χ1) is 6.16. The summed E-state index contributed by atoms with van der Waals surface area (Å²) in [5.41, 5.74) is 0.568. The Morgan fingerprint density at radius 3 is 2.85 bits per heavy atom. The van der Waals surface area contributed by atoms with Crippen LogP contribution in [0, 0.1) is 5.41 Å². The molecule has 0 aromatic rings. The van der Waals surface area contributed by atoms with Gasteiger partial charge in [0.25, 0.3) is 0 Å². The molecular formula is C11H22N2. The zero-order chi connectivity index (χ0) is 9.31. The van der Waals surface area contributed by atoms with Gasteiger partial charge in [-0.3, -0.25) is 0 Å². The maximum Gasteiger partial charge on any atom is 0.0195 e. The predicted octanol–water partition coefficient (Wildman–Crippen LogP) is 1.47. The van der Waals surface area contributed by atoms with Crippen LogP contribution in [0.4, 0.5) is 0 Å². The lowest BCUT2D eigenvalue weighted by atomic mass is 9.93. The molecule has 2 nitrogen and oxygen atoms in total. The van der Waals surface area contributed by atoms with Crippen LogP contribution in [0.15, 0.2) is 0 Å². The van der Waals surface area contributed by atoms with Gasteiger partial charge in [0, 0.05) is 19.1 Å². The molecule has 2 aliphatic rings. The van der Waals surface area contributed by atoms with E-state index in [1.54, 1.807) is 0 Å². The first kappa shape index (κ1) is 9.47. The molecule has 0 aromatic carbocycles. The molecule has 2 rings (SSSR count). The Morgan fingerprint density at radius 2 is 2.31 bits per heavy atom. The van der Waals surface area contributed by atoms with E-state index in [1.165, 1.54) is 45.4 Å². The van der Waals surface area contributed by atoms with Crippen LogP contribution < -0.4 is 5.32 Å². The van der Waals surface area contributed by atoms with Gasteiger partial charge in [0.15, 0.2) is 0 Å². The molecule has 0 radical (unpaired) electrons. The van der Waals surface area contributed by atoms with Crippen molar-refractivity contribution in [1.82, 2.24) is 10.2 Å². The first-order valence-corrected chi connectivity index (χ1v) is 5.61. The summed E-state index contributed by atoms with van der Waals surface area (Å²) in [6.07, 6.45) is 4.14. The fourth-order valence-electron chi connectivity index (χ4n) is 2.60. The lowest BCUT2D eigenvalue weighted by Crippen LogP contribution is -2.36. The van der Waals surface area contributed by atoms with Gasteiger partial charge in [-0.15, -0.1) is 0 Å². The summed E-state index contributed by atoms with van der Waals surface area (Å²) in [5.74, 6) is 0. The monoisotopic (exact) mass is 182 g/mol. The zero-order valence-electron chi connectivity index (χ0n) is 8.97. The Kier molecular flexibility index (Phi) is 2.61. The number of hydrogen-bond donors (Lipinski definition) is 1. The predicted molar refractivity (Wildman–Crippen MR) is 55.9 cm³/mol. The van der Waals surface area contributed by atoms with E-state index in [9.17, 15) is 0 Å². The molecule has 13 heavy (non-hydrogen) atoms. The van der Waals surface area contributed by atoms with Gasteiger partial charge in [-0.05, 0) is 37.8 Å². The van der Waals surface area contributed by atoms with Crippen LogP contribution in [0.25, 0.3) is 0 Å². The van der Waals surface area contributed by atoms with E-state index in [-0.39, 0.29) is 0 Å². The summed E-state index contributed by atoms with van der Waals surface area (Å²) in [5, 5.41) is 3.57. The zero-order valence-corrected chi connectivity index (χ0v) is 8.97. The third kappa shape index (κ3) is 2.44. The van der Waals surface area contributed by atoms with E-state index in [1.807, 2.05) is 0 Å². The minimum Gasteiger partial charge on any atom is -0.313 e. The summed E-state index contributed by atoms with van der Waals surface area (Å²) in [6, 6.07) is 0.786. The summed E-state index contributed by atoms with van der Waals surface area (Å²) < 4.78 is 0. The number of nitrogens with zero attached hydrogens (tertiary/aromatic N) is 1. The third-order valence-corrected chi connectivity index (χ3v) is 3.40. The smallest absolute Gasteiger partial charge is 0.0195 e. The first-order valence-electron chi connectivity index (χ1n) is 5.61. The normalized spacial score (nSPS) is 34.2. The highest BCUT2D eigenvalue weighted by Gasteiger charge is 2.30. The number of nitrogens with one attached hydrogen (secondary N) is 1. The second kappa shape index (κ2) is 3.58. The van der Waals surface area contributed by atoms with E-state index >= 15 is 0 Å². The molecule has 0 saturated carbocycles. The topological polar surface area (TPSA) is 15.3 Å². The van der Waals surface area contributed by atoms with Crippen LogP contribution in [0.5, 0.6) is 0 Å². The number of rotatable bonds is 2. The minimum atomic E-state index is 0.568. The molecule has 2 heterocycles. The molecule has 0 aromatic heterocycles. The molecule has 1 N–H and O–H groups in total. The molecule has 2 aliphatic heterocycles. The van der Waals surface area contributed by atoms with E-state index in [2.05, 4.69) is 24.1 Å². The fraction of sp³-hybridized carbons (Fsp3) is 1.00. The largest absolute Gasteiger partial charge is 0.313 e. The van der Waals surface area contributed by atoms with Gasteiger partial charge in [-0.2, -0.15) is 0 Å². The lowest BCUT2D eigenvalue weighted by molar-refractivity contribution is 0.268. The Labute approximate surface area is 81.7 Å². The van der Waals surface area contributed by atoms with Gasteiger partial charge in [0.1, 0.15) is 0 Å². The van der Waals surface area contributed by atoms with Gasteiger partial charge < -0.3 is 10.2 Å². The van der Waals surface area contributed by atoms with Crippen molar-refractivity contribution in [1.29, 1.82) is 0 Å². The van der Waals surface area contributed by atoms with Crippen LogP contribution in [-0.4, -0.2) is 37.1 Å². The van der Waals surface area contributed by atoms with E-state index < -0.39 is 0 Å². The minimum absolute atomic E-state index is 0.568. The average Bonchev–Trinajstić information content (AvgIpc) is 2.61. The van der Waals surface area contributed by atoms with Crippen molar-refractivity contribution >= 4 is 0 Å². The van der Waals surface area contributed by atoms with Gasteiger partial charge in [-0.25, -0.2) is 0 Å². The van der Waals surface area contributed by atoms with Gasteiger partial charge in [-0.1, -0.05) is 13.8 Å². The van der Waals surface area contributed by atoms with Crippen LogP contribution in [0.2, 0.25) is 0 Å². The number of likely N-dealkylation sites (tertiary alicyclic amines) is 1. The van der Waals surface area contributed by atoms with Crippen molar-refractivity contribution in [3.8, 4) is 0 Å². The van der Waals surface area contributed by atoms with Crippen LogP contribution >= 0.6 is 0 Å². The quantitative estimate of drug-likeness (QED) is 0.695. The SMILES string of the molecule is CC1(C)CCN(C[C@@H]2CCCN2)C1. The standard InChI is InChI=1S/C11H22N2/c1-11(2)5-7-13(9-11)8-10-4-3-6-12-10/h10,12H,3-9H2,1-2H3/t10-/m0/s1. The number of hydrogen-bond acceptors (Lipinski definition) is 2. The van der Waals surface area contributed by atoms with Crippen molar-refractivity contribution in [3.63, 3.8) is 0 Å². The molecular weight excluding hydrogens is 160 g/mol. The Morgan fingerprint density at radius 1 is 1.46 bits per heavy atom. The third-order valence-electron chi connectivity index (χ3n) is 3.40. The highest BCUT2D eigenvalue weighted by atomic mass is 15.2. The highest BCUT2D eigenvalue weighted by Crippen LogP contribution is 2.29. The summed E-state index contributed by atoms with van der Waals surface area (Å²) in [4.78, 5) is 2.63. The Balaban J connectivity index is 1.77. The average molecular weight is 182 g/mol. The highest BCUT2D eigenvalue weighted by molar-refractivity contribution is 4.86. The maximum atomic E-state index is 3.57. The van der Waals surface area contributed by atoms with Crippen molar-refractivity contribution in [2.75, 3.05) is 26.2 Å². The molecule has 0 spiro atoms. The Bertz CT molecular complexity index is 171. The molecule has 1 atom stereocenters. The van der Waals surface area contributed by atoms with Crippen molar-refractivity contribution in [2.24, 2.45) is 5.41 Å². The Hall–Kier alpha value is -0.0800. The maximum absolute atomic E-state index is 3.57. The van der Waals surface area contributed by atoms with Crippen molar-refractivity contribution in [3.05, 3.63) is 0 Å². The van der Waals surface area contributed by atoms with Gasteiger partial charge in [0.2, 0.25) is 0 Å². The molecule has 0 unspecified atom stereocenters. The van der Waals surface area contributed by atoms with Crippen molar-refractivity contribution in [2.45, 2.75) is 39.2 Å². The summed E-state index contributed by atoms with van der Waals surface area (Å²) in [7, 11) is 0. The molecule has 2 fully saturated rings. The fourth-order valence-corrected chi connectivity index (χ4v) is 2.60. The van der Waals surface area contributed by atoms with E-state index in [0.717, 1.165) is 6.04 Å². The van der Waals surface area contributed by atoms with Crippen LogP contribution in [-0.2, 0) is 0 Å². The second-order valence-electron chi connectivity index (χ2n) is 5.44. The molecule has 0 bridgehead atoms. The lowest BCUT2D eigenvalue weighted by Gasteiger charge is -2.22. The summed E-state index contributed by atoms with van der Waals surface area (Å²) in [6.45, 7) is 9.89. The molecule has 2 saturated heterocycles. The second-order valence-corrected chi connectivity index (χ2v) is 5.44. The summed E-state index contributed by atoms with van der Waals surface area (Å²) >= 11 is 0. The molecule has 0 amide bonds. The molecule has 0 aliphatic carbocycles. The van der Waals surface area contributed by atoms with Gasteiger partial charge in [0.05, 0.1) is 0 Å². The molecule has 2 heteroatoms. The van der Waals surface area contributed by atoms with E-state index in [4.69, 9.17) is 0 Å². The van der Waals surface area contributed by atoms with Crippen LogP contribution in [0.1, 0.15) is 33.1 Å². The molecule has 76 valence electrons. The van der Waals surface area contributed by atoms with Gasteiger partial charge >= 0.3 is 0 Å². The van der Waals surface area contributed by atoms with Crippen LogP contribution in [0.3, 0.4) is 0 Å². The van der Waals surface area contributed by atoms with Crippen molar-refractivity contribution < 1.29 is 0 Å².